The lowest BCUT2D eigenvalue weighted by molar-refractivity contribution is 0.191. The topological polar surface area (TPSA) is 124 Å². The summed E-state index contributed by atoms with van der Waals surface area (Å²) in [5.41, 5.74) is 2.31. The van der Waals surface area contributed by atoms with Crippen molar-refractivity contribution in [2.45, 2.75) is 0 Å². The number of aliphatic hydroxyl groups excluding tert-OH is 1. The molecule has 0 saturated heterocycles. The summed E-state index contributed by atoms with van der Waals surface area (Å²) in [6.07, 6.45) is 4.80. The van der Waals surface area contributed by atoms with E-state index in [2.05, 4.69) is 25.4 Å². The molecule has 0 amide bonds. The third kappa shape index (κ3) is 2.65. The molecular formula is C8H11N7O2. The molecule has 0 aliphatic carbocycles. The number of nitrogens with two attached hydrogens (primary N) is 1. The summed E-state index contributed by atoms with van der Waals surface area (Å²) in [6, 6.07) is 0.0747. The van der Waals surface area contributed by atoms with Crippen LogP contribution in [0.5, 0.6) is 6.01 Å². The number of hydrazine groups is 1. The van der Waals surface area contributed by atoms with E-state index in [1.165, 1.54) is 6.33 Å². The fourth-order valence-corrected chi connectivity index (χ4v) is 1.10. The van der Waals surface area contributed by atoms with Crippen molar-refractivity contribution in [2.24, 2.45) is 5.84 Å². The van der Waals surface area contributed by atoms with E-state index in [1.807, 2.05) is 0 Å². The van der Waals surface area contributed by atoms with E-state index in [0.29, 0.717) is 5.95 Å². The minimum Gasteiger partial charge on any atom is -0.461 e. The molecule has 0 spiro atoms. The predicted molar refractivity (Wildman–Crippen MR) is 57.3 cm³/mol. The zero-order valence-corrected chi connectivity index (χ0v) is 8.82. The lowest BCUT2D eigenvalue weighted by Gasteiger charge is -2.06. The van der Waals surface area contributed by atoms with Gasteiger partial charge in [-0.3, -0.25) is 9.99 Å². The molecule has 2 aromatic rings. The van der Waals surface area contributed by atoms with Gasteiger partial charge < -0.3 is 9.84 Å². The van der Waals surface area contributed by atoms with Crippen LogP contribution in [0.2, 0.25) is 0 Å². The second-order valence-corrected chi connectivity index (χ2v) is 2.93. The Morgan fingerprint density at radius 1 is 1.41 bits per heavy atom. The Kier molecular flexibility index (Phi) is 3.43. The first kappa shape index (κ1) is 11.2. The van der Waals surface area contributed by atoms with Crippen LogP contribution in [0.1, 0.15) is 0 Å². The first-order valence-corrected chi connectivity index (χ1v) is 4.78. The van der Waals surface area contributed by atoms with Crippen LogP contribution in [0, 0.1) is 0 Å². The van der Waals surface area contributed by atoms with Gasteiger partial charge in [-0.25, -0.2) is 10.8 Å². The van der Waals surface area contributed by atoms with Crippen molar-refractivity contribution >= 4 is 5.95 Å². The van der Waals surface area contributed by atoms with E-state index in [4.69, 9.17) is 15.7 Å². The SMILES string of the molecule is NNc1nc(OCCO)nc(-n2ccnc2)n1. The lowest BCUT2D eigenvalue weighted by atomic mass is 10.7. The van der Waals surface area contributed by atoms with Gasteiger partial charge in [0.15, 0.2) is 0 Å². The third-order valence-corrected chi connectivity index (χ3v) is 1.79. The molecule has 2 aromatic heterocycles. The molecule has 9 heteroatoms. The van der Waals surface area contributed by atoms with Crippen LogP contribution in [0.4, 0.5) is 5.95 Å². The summed E-state index contributed by atoms with van der Waals surface area (Å²) in [4.78, 5) is 15.8. The van der Waals surface area contributed by atoms with Crippen LogP contribution in [0.25, 0.3) is 5.95 Å². The highest BCUT2D eigenvalue weighted by molar-refractivity contribution is 5.28. The minimum atomic E-state index is -0.128. The number of rotatable bonds is 5. The molecule has 0 unspecified atom stereocenters. The van der Waals surface area contributed by atoms with E-state index < -0.39 is 0 Å². The van der Waals surface area contributed by atoms with Crippen molar-refractivity contribution in [3.63, 3.8) is 0 Å². The number of hydrogen-bond donors (Lipinski definition) is 3. The van der Waals surface area contributed by atoms with Gasteiger partial charge in [0.05, 0.1) is 6.61 Å². The van der Waals surface area contributed by atoms with Gasteiger partial charge in [-0.1, -0.05) is 0 Å². The Hall–Kier alpha value is -2.26. The zero-order chi connectivity index (χ0) is 12.1. The van der Waals surface area contributed by atoms with Crippen LogP contribution in [-0.2, 0) is 0 Å². The highest BCUT2D eigenvalue weighted by atomic mass is 16.5. The number of aliphatic hydroxyl groups is 1. The quantitative estimate of drug-likeness (QED) is 0.433. The van der Waals surface area contributed by atoms with Gasteiger partial charge in [0.2, 0.25) is 11.9 Å². The molecule has 0 aromatic carbocycles. The van der Waals surface area contributed by atoms with Gasteiger partial charge in [-0.2, -0.15) is 15.0 Å². The zero-order valence-electron chi connectivity index (χ0n) is 8.82. The van der Waals surface area contributed by atoms with E-state index in [-0.39, 0.29) is 25.2 Å². The molecule has 4 N–H and O–H groups in total. The lowest BCUT2D eigenvalue weighted by Crippen LogP contribution is -2.15. The van der Waals surface area contributed by atoms with E-state index in [1.54, 1.807) is 17.0 Å². The summed E-state index contributed by atoms with van der Waals surface area (Å²) in [7, 11) is 0. The Morgan fingerprint density at radius 2 is 2.29 bits per heavy atom. The Labute approximate surface area is 96.3 Å². The van der Waals surface area contributed by atoms with Crippen LogP contribution < -0.4 is 16.0 Å². The van der Waals surface area contributed by atoms with E-state index in [0.717, 1.165) is 0 Å². The average Bonchev–Trinajstić information content (AvgIpc) is 2.89. The van der Waals surface area contributed by atoms with E-state index >= 15 is 0 Å². The van der Waals surface area contributed by atoms with Gasteiger partial charge in [0, 0.05) is 12.4 Å². The third-order valence-electron chi connectivity index (χ3n) is 1.79. The van der Waals surface area contributed by atoms with Gasteiger partial charge in [0.25, 0.3) is 0 Å². The molecule has 0 radical (unpaired) electrons. The fourth-order valence-electron chi connectivity index (χ4n) is 1.10. The smallest absolute Gasteiger partial charge is 0.323 e. The van der Waals surface area contributed by atoms with Crippen LogP contribution >= 0.6 is 0 Å². The Balaban J connectivity index is 2.32. The molecule has 17 heavy (non-hydrogen) atoms. The van der Waals surface area contributed by atoms with E-state index in [9.17, 15) is 0 Å². The monoisotopic (exact) mass is 237 g/mol. The normalized spacial score (nSPS) is 10.2. The molecule has 0 aliphatic rings. The molecule has 9 nitrogen and oxygen atoms in total. The summed E-state index contributed by atoms with van der Waals surface area (Å²) in [6.45, 7) is -0.0329. The summed E-state index contributed by atoms with van der Waals surface area (Å²) in [5, 5.41) is 8.66. The first-order valence-electron chi connectivity index (χ1n) is 4.78. The number of nitrogen functional groups attached to an aromatic ring is 1. The van der Waals surface area contributed by atoms with Crippen LogP contribution in [0.3, 0.4) is 0 Å². The number of hydrogen-bond acceptors (Lipinski definition) is 8. The molecule has 0 saturated carbocycles. The Morgan fingerprint density at radius 3 is 2.94 bits per heavy atom. The number of nitrogens with one attached hydrogen (secondary N) is 1. The molecule has 2 heterocycles. The maximum absolute atomic E-state index is 8.66. The van der Waals surface area contributed by atoms with Crippen molar-refractivity contribution in [3.8, 4) is 12.0 Å². The van der Waals surface area contributed by atoms with Gasteiger partial charge in [-0.05, 0) is 0 Å². The molecule has 0 aliphatic heterocycles. The second-order valence-electron chi connectivity index (χ2n) is 2.93. The van der Waals surface area contributed by atoms with Crippen LogP contribution in [-0.4, -0.2) is 42.8 Å². The number of nitrogens with zero attached hydrogens (tertiary/aromatic N) is 5. The van der Waals surface area contributed by atoms with Crippen molar-refractivity contribution in [2.75, 3.05) is 18.6 Å². The van der Waals surface area contributed by atoms with Crippen molar-refractivity contribution in [1.82, 2.24) is 24.5 Å². The highest BCUT2D eigenvalue weighted by Gasteiger charge is 2.07. The minimum absolute atomic E-state index is 0.0747. The van der Waals surface area contributed by atoms with Gasteiger partial charge >= 0.3 is 6.01 Å². The summed E-state index contributed by atoms with van der Waals surface area (Å²) < 4.78 is 6.67. The van der Waals surface area contributed by atoms with Crippen molar-refractivity contribution in [3.05, 3.63) is 18.7 Å². The number of anilines is 1. The second kappa shape index (κ2) is 5.18. The fraction of sp³-hybridized carbons (Fsp3) is 0.250. The summed E-state index contributed by atoms with van der Waals surface area (Å²) in [5.74, 6) is 5.72. The van der Waals surface area contributed by atoms with Crippen LogP contribution in [0.15, 0.2) is 18.7 Å². The van der Waals surface area contributed by atoms with Crippen molar-refractivity contribution in [1.29, 1.82) is 0 Å². The number of ether oxygens (including phenoxy) is 1. The number of imidazole rings is 1. The van der Waals surface area contributed by atoms with Gasteiger partial charge in [-0.15, -0.1) is 0 Å². The van der Waals surface area contributed by atoms with Gasteiger partial charge in [0.1, 0.15) is 12.9 Å². The molecular weight excluding hydrogens is 226 g/mol. The highest BCUT2D eigenvalue weighted by Crippen LogP contribution is 2.09. The average molecular weight is 237 g/mol. The molecule has 2 rings (SSSR count). The standard InChI is InChI=1S/C8H11N7O2/c9-14-6-11-7(15-2-1-10-5-15)13-8(12-6)17-4-3-16/h1-2,5,16H,3-4,9H2,(H,11,12,13,14). The number of aromatic nitrogens is 5. The first-order chi connectivity index (χ1) is 8.33. The molecule has 90 valence electrons. The molecule has 0 bridgehead atoms. The largest absolute Gasteiger partial charge is 0.461 e. The summed E-state index contributed by atoms with van der Waals surface area (Å²) >= 11 is 0. The predicted octanol–water partition coefficient (Wildman–Crippen LogP) is -1.29. The molecule has 0 atom stereocenters. The Bertz CT molecular complexity index is 473. The molecule has 0 fully saturated rings. The van der Waals surface area contributed by atoms with Crippen molar-refractivity contribution < 1.29 is 9.84 Å². The maximum atomic E-state index is 8.66. The maximum Gasteiger partial charge on any atom is 0.323 e.